The molecule has 2 N–H and O–H groups in total. The van der Waals surface area contributed by atoms with Crippen molar-refractivity contribution in [1.29, 1.82) is 0 Å². The Labute approximate surface area is 127 Å². The van der Waals surface area contributed by atoms with Crippen molar-refractivity contribution in [1.82, 2.24) is 0 Å². The number of thioether (sulfide) groups is 1. The molecular formula is C16H17FN2OS. The maximum absolute atomic E-state index is 14.1. The SMILES string of the molecule is COc1ccc(CN2CCSc3ccc(N)cc32)c(F)c1. The first kappa shape index (κ1) is 14.1. The van der Waals surface area contributed by atoms with Crippen LogP contribution in [0, 0.1) is 5.82 Å². The zero-order valence-corrected chi connectivity index (χ0v) is 12.6. The molecule has 0 spiro atoms. The van der Waals surface area contributed by atoms with E-state index in [0.29, 0.717) is 17.9 Å². The quantitative estimate of drug-likeness (QED) is 0.881. The molecule has 1 aliphatic heterocycles. The van der Waals surface area contributed by atoms with Gasteiger partial charge in [-0.15, -0.1) is 11.8 Å². The molecule has 3 nitrogen and oxygen atoms in total. The third kappa shape index (κ3) is 2.93. The molecule has 2 aromatic carbocycles. The molecule has 110 valence electrons. The molecule has 1 aliphatic rings. The number of fused-ring (bicyclic) bond motifs is 1. The van der Waals surface area contributed by atoms with Crippen molar-refractivity contribution in [2.75, 3.05) is 30.0 Å². The second-order valence-electron chi connectivity index (χ2n) is 4.95. The summed E-state index contributed by atoms with van der Waals surface area (Å²) in [6, 6.07) is 10.9. The van der Waals surface area contributed by atoms with Crippen LogP contribution in [-0.2, 0) is 6.54 Å². The second-order valence-corrected chi connectivity index (χ2v) is 6.09. The van der Waals surface area contributed by atoms with Crippen molar-refractivity contribution >= 4 is 23.1 Å². The lowest BCUT2D eigenvalue weighted by atomic mass is 10.1. The molecule has 0 amide bonds. The molecule has 0 atom stereocenters. The van der Waals surface area contributed by atoms with Crippen LogP contribution in [0.4, 0.5) is 15.8 Å². The number of hydrogen-bond acceptors (Lipinski definition) is 4. The number of hydrogen-bond donors (Lipinski definition) is 1. The van der Waals surface area contributed by atoms with E-state index in [-0.39, 0.29) is 5.82 Å². The van der Waals surface area contributed by atoms with E-state index < -0.39 is 0 Å². The van der Waals surface area contributed by atoms with Crippen LogP contribution < -0.4 is 15.4 Å². The maximum Gasteiger partial charge on any atom is 0.131 e. The van der Waals surface area contributed by atoms with Gasteiger partial charge in [-0.2, -0.15) is 0 Å². The molecule has 0 bridgehead atoms. The zero-order chi connectivity index (χ0) is 14.8. The predicted octanol–water partition coefficient (Wildman–Crippen LogP) is 3.53. The number of anilines is 2. The Morgan fingerprint density at radius 1 is 1.29 bits per heavy atom. The van der Waals surface area contributed by atoms with E-state index in [2.05, 4.69) is 4.90 Å². The van der Waals surface area contributed by atoms with Crippen molar-refractivity contribution in [3.8, 4) is 5.75 Å². The van der Waals surface area contributed by atoms with Crippen LogP contribution >= 0.6 is 11.8 Å². The van der Waals surface area contributed by atoms with Crippen LogP contribution in [0.25, 0.3) is 0 Å². The lowest BCUT2D eigenvalue weighted by molar-refractivity contribution is 0.410. The Morgan fingerprint density at radius 2 is 2.14 bits per heavy atom. The van der Waals surface area contributed by atoms with Crippen LogP contribution in [-0.4, -0.2) is 19.4 Å². The molecule has 3 rings (SSSR count). The van der Waals surface area contributed by atoms with Gasteiger partial charge in [0.05, 0.1) is 12.8 Å². The molecule has 1 heterocycles. The minimum Gasteiger partial charge on any atom is -0.497 e. The summed E-state index contributed by atoms with van der Waals surface area (Å²) in [6.07, 6.45) is 0. The summed E-state index contributed by atoms with van der Waals surface area (Å²) >= 11 is 1.81. The fraction of sp³-hybridized carbons (Fsp3) is 0.250. The number of ether oxygens (including phenoxy) is 1. The summed E-state index contributed by atoms with van der Waals surface area (Å²) in [4.78, 5) is 3.37. The van der Waals surface area contributed by atoms with E-state index in [9.17, 15) is 4.39 Å². The smallest absolute Gasteiger partial charge is 0.131 e. The second kappa shape index (κ2) is 5.85. The van der Waals surface area contributed by atoms with Crippen molar-refractivity contribution < 1.29 is 9.13 Å². The minimum atomic E-state index is -0.238. The van der Waals surface area contributed by atoms with Crippen molar-refractivity contribution in [2.24, 2.45) is 0 Å². The summed E-state index contributed by atoms with van der Waals surface area (Å²) in [5.41, 5.74) is 8.36. The molecule has 0 saturated heterocycles. The Kier molecular flexibility index (Phi) is 3.92. The molecule has 0 radical (unpaired) electrons. The van der Waals surface area contributed by atoms with Crippen molar-refractivity contribution in [3.05, 3.63) is 47.8 Å². The molecule has 2 aromatic rings. The minimum absolute atomic E-state index is 0.238. The number of nitrogen functional groups attached to an aromatic ring is 1. The number of nitrogens with zero attached hydrogens (tertiary/aromatic N) is 1. The van der Waals surface area contributed by atoms with E-state index in [0.717, 1.165) is 23.7 Å². The third-order valence-corrected chi connectivity index (χ3v) is 4.61. The summed E-state index contributed by atoms with van der Waals surface area (Å²) in [5, 5.41) is 0. The fourth-order valence-corrected chi connectivity index (χ4v) is 3.47. The number of rotatable bonds is 3. The Morgan fingerprint density at radius 3 is 2.90 bits per heavy atom. The van der Waals surface area contributed by atoms with Gasteiger partial charge in [0.2, 0.25) is 0 Å². The van der Waals surface area contributed by atoms with E-state index in [1.54, 1.807) is 12.1 Å². The average Bonchev–Trinajstić information content (AvgIpc) is 2.49. The molecule has 0 aromatic heterocycles. The monoisotopic (exact) mass is 304 g/mol. The molecule has 21 heavy (non-hydrogen) atoms. The van der Waals surface area contributed by atoms with E-state index in [1.807, 2.05) is 30.0 Å². The maximum atomic E-state index is 14.1. The van der Waals surface area contributed by atoms with Crippen LogP contribution in [0.2, 0.25) is 0 Å². The van der Waals surface area contributed by atoms with Gasteiger partial charge in [-0.1, -0.05) is 6.07 Å². The van der Waals surface area contributed by atoms with Crippen LogP contribution in [0.3, 0.4) is 0 Å². The summed E-state index contributed by atoms with van der Waals surface area (Å²) < 4.78 is 19.1. The molecule has 0 saturated carbocycles. The first-order chi connectivity index (χ1) is 10.2. The standard InChI is InChI=1S/C16H17FN2OS/c1-20-13-4-2-11(14(17)9-13)10-19-6-7-21-16-5-3-12(18)8-15(16)19/h2-5,8-9H,6-7,10,18H2,1H3. The van der Waals surface area contributed by atoms with Crippen LogP contribution in [0.5, 0.6) is 5.75 Å². The van der Waals surface area contributed by atoms with Crippen molar-refractivity contribution in [2.45, 2.75) is 11.4 Å². The highest BCUT2D eigenvalue weighted by molar-refractivity contribution is 7.99. The number of nitrogens with two attached hydrogens (primary N) is 1. The number of halogens is 1. The fourth-order valence-electron chi connectivity index (χ4n) is 2.44. The Balaban J connectivity index is 1.88. The number of methoxy groups -OCH3 is 1. The highest BCUT2D eigenvalue weighted by atomic mass is 32.2. The van der Waals surface area contributed by atoms with Gasteiger partial charge in [-0.3, -0.25) is 0 Å². The van der Waals surface area contributed by atoms with E-state index >= 15 is 0 Å². The first-order valence-electron chi connectivity index (χ1n) is 6.77. The summed E-state index contributed by atoms with van der Waals surface area (Å²) in [5.74, 6) is 1.29. The van der Waals surface area contributed by atoms with Gasteiger partial charge in [0, 0.05) is 41.1 Å². The van der Waals surface area contributed by atoms with Gasteiger partial charge in [0.15, 0.2) is 0 Å². The molecule has 5 heteroatoms. The topological polar surface area (TPSA) is 38.5 Å². The Bertz CT molecular complexity index is 663. The number of benzene rings is 2. The van der Waals surface area contributed by atoms with Gasteiger partial charge < -0.3 is 15.4 Å². The predicted molar refractivity (Wildman–Crippen MR) is 85.6 cm³/mol. The third-order valence-electron chi connectivity index (χ3n) is 3.56. The molecular weight excluding hydrogens is 287 g/mol. The van der Waals surface area contributed by atoms with Crippen LogP contribution in [0.15, 0.2) is 41.3 Å². The lowest BCUT2D eigenvalue weighted by Gasteiger charge is -2.31. The highest BCUT2D eigenvalue weighted by Crippen LogP contribution is 2.37. The van der Waals surface area contributed by atoms with E-state index in [1.165, 1.54) is 18.1 Å². The van der Waals surface area contributed by atoms with Crippen molar-refractivity contribution in [3.63, 3.8) is 0 Å². The average molecular weight is 304 g/mol. The van der Waals surface area contributed by atoms with Gasteiger partial charge in [0.1, 0.15) is 11.6 Å². The summed E-state index contributed by atoms with van der Waals surface area (Å²) in [7, 11) is 1.54. The molecule has 0 aliphatic carbocycles. The molecule has 0 fully saturated rings. The van der Waals surface area contributed by atoms with Crippen LogP contribution in [0.1, 0.15) is 5.56 Å². The highest BCUT2D eigenvalue weighted by Gasteiger charge is 2.19. The first-order valence-corrected chi connectivity index (χ1v) is 7.75. The van der Waals surface area contributed by atoms with Gasteiger partial charge in [-0.25, -0.2) is 4.39 Å². The summed E-state index contributed by atoms with van der Waals surface area (Å²) in [6.45, 7) is 1.42. The van der Waals surface area contributed by atoms with E-state index in [4.69, 9.17) is 10.5 Å². The van der Waals surface area contributed by atoms with Gasteiger partial charge in [0.25, 0.3) is 0 Å². The zero-order valence-electron chi connectivity index (χ0n) is 11.8. The Hall–Kier alpha value is -1.88. The largest absolute Gasteiger partial charge is 0.497 e. The molecule has 0 unspecified atom stereocenters. The van der Waals surface area contributed by atoms with Gasteiger partial charge in [-0.05, 0) is 24.3 Å². The van der Waals surface area contributed by atoms with Gasteiger partial charge >= 0.3 is 0 Å². The normalized spacial score (nSPS) is 13.9. The lowest BCUT2D eigenvalue weighted by Crippen LogP contribution is -2.29.